The average Bonchev–Trinajstić information content (AvgIpc) is 2.92. The second-order valence-corrected chi connectivity index (χ2v) is 7.33. The van der Waals surface area contributed by atoms with Crippen molar-refractivity contribution in [3.8, 4) is 0 Å². The van der Waals surface area contributed by atoms with Gasteiger partial charge in [-0.15, -0.1) is 0 Å². The third kappa shape index (κ3) is 3.13. The number of fused-ring (bicyclic) bond motifs is 3. The van der Waals surface area contributed by atoms with Crippen LogP contribution in [0.2, 0.25) is 5.02 Å². The molecule has 0 bridgehead atoms. The quantitative estimate of drug-likeness (QED) is 0.906. The van der Waals surface area contributed by atoms with Crippen LogP contribution < -0.4 is 5.32 Å². The van der Waals surface area contributed by atoms with Crippen molar-refractivity contribution in [2.45, 2.75) is 18.9 Å². The van der Waals surface area contributed by atoms with Crippen molar-refractivity contribution >= 4 is 22.5 Å². The van der Waals surface area contributed by atoms with E-state index in [0.717, 1.165) is 24.4 Å². The number of aromatic amines is 1. The Labute approximate surface area is 142 Å². The van der Waals surface area contributed by atoms with Gasteiger partial charge in [-0.25, -0.2) is 0 Å². The molecule has 1 saturated heterocycles. The Kier molecular flexibility index (Phi) is 4.33. The fraction of sp³-hybridized carbons (Fsp3) is 0.556. The highest BCUT2D eigenvalue weighted by molar-refractivity contribution is 6.31. The Bertz CT molecular complexity index is 688. The predicted octanol–water partition coefficient (Wildman–Crippen LogP) is 2.65. The van der Waals surface area contributed by atoms with Crippen molar-refractivity contribution in [1.82, 2.24) is 20.1 Å². The molecule has 0 unspecified atom stereocenters. The highest BCUT2D eigenvalue weighted by Crippen LogP contribution is 2.32. The molecule has 1 fully saturated rings. The molecule has 5 heteroatoms. The molecule has 2 aliphatic heterocycles. The summed E-state index contributed by atoms with van der Waals surface area (Å²) in [6.45, 7) is 7.00. The van der Waals surface area contributed by atoms with Gasteiger partial charge in [-0.1, -0.05) is 17.7 Å². The van der Waals surface area contributed by atoms with Crippen LogP contribution in [0.1, 0.15) is 23.7 Å². The molecule has 4 nitrogen and oxygen atoms in total. The summed E-state index contributed by atoms with van der Waals surface area (Å²) in [5.41, 5.74) is 4.04. The number of hydrogen-bond donors (Lipinski definition) is 2. The van der Waals surface area contributed by atoms with E-state index >= 15 is 0 Å². The fourth-order valence-corrected chi connectivity index (χ4v) is 4.09. The van der Waals surface area contributed by atoms with E-state index in [4.69, 9.17) is 11.6 Å². The first-order valence-electron chi connectivity index (χ1n) is 8.65. The Morgan fingerprint density at radius 1 is 1.22 bits per heavy atom. The lowest BCUT2D eigenvalue weighted by Gasteiger charge is -2.34. The molecule has 1 aromatic carbocycles. The highest BCUT2D eigenvalue weighted by Gasteiger charge is 2.24. The van der Waals surface area contributed by atoms with Crippen molar-refractivity contribution in [2.24, 2.45) is 0 Å². The molecule has 0 aliphatic carbocycles. The minimum absolute atomic E-state index is 0.435. The molecule has 2 aromatic rings. The number of H-pyrrole nitrogens is 1. The third-order valence-electron chi connectivity index (χ3n) is 5.35. The second kappa shape index (κ2) is 6.44. The zero-order valence-corrected chi connectivity index (χ0v) is 14.5. The standard InChI is InChI=1S/C18H25ClN4/c1-22-8-10-23(11-9-22)7-5-16-18-15(4-6-20-16)14-3-2-13(19)12-17(14)21-18/h2-3,12,16,20-21H,4-11H2,1H3/t16-/m0/s1. The van der Waals surface area contributed by atoms with Gasteiger partial charge < -0.3 is 20.1 Å². The zero-order valence-electron chi connectivity index (χ0n) is 13.7. The second-order valence-electron chi connectivity index (χ2n) is 6.90. The predicted molar refractivity (Wildman–Crippen MR) is 96.3 cm³/mol. The van der Waals surface area contributed by atoms with E-state index in [9.17, 15) is 0 Å². The van der Waals surface area contributed by atoms with Crippen LogP contribution in [0.3, 0.4) is 0 Å². The Morgan fingerprint density at radius 3 is 2.87 bits per heavy atom. The van der Waals surface area contributed by atoms with E-state index in [1.54, 1.807) is 0 Å². The molecule has 124 valence electrons. The van der Waals surface area contributed by atoms with Gasteiger partial charge in [0.25, 0.3) is 0 Å². The zero-order chi connectivity index (χ0) is 15.8. The van der Waals surface area contributed by atoms with Gasteiger partial charge in [0.2, 0.25) is 0 Å². The number of benzene rings is 1. The van der Waals surface area contributed by atoms with Crippen LogP contribution in [-0.4, -0.2) is 61.1 Å². The van der Waals surface area contributed by atoms with Gasteiger partial charge >= 0.3 is 0 Å². The fourth-order valence-electron chi connectivity index (χ4n) is 3.92. The number of piperazine rings is 1. The molecule has 0 radical (unpaired) electrons. The maximum atomic E-state index is 6.15. The lowest BCUT2D eigenvalue weighted by atomic mass is 9.97. The lowest BCUT2D eigenvalue weighted by molar-refractivity contribution is 0.148. The first kappa shape index (κ1) is 15.5. The van der Waals surface area contributed by atoms with E-state index < -0.39 is 0 Å². The van der Waals surface area contributed by atoms with Gasteiger partial charge in [0.1, 0.15) is 0 Å². The number of nitrogens with zero attached hydrogens (tertiary/aromatic N) is 2. The van der Waals surface area contributed by atoms with E-state index in [2.05, 4.69) is 33.2 Å². The van der Waals surface area contributed by atoms with Gasteiger partial charge in [-0.2, -0.15) is 0 Å². The normalized spacial score (nSPS) is 23.3. The molecule has 3 heterocycles. The first-order chi connectivity index (χ1) is 11.2. The monoisotopic (exact) mass is 332 g/mol. The van der Waals surface area contributed by atoms with Gasteiger partial charge in [-0.05, 0) is 44.1 Å². The number of likely N-dealkylation sites (N-methyl/N-ethyl adjacent to an activating group) is 1. The summed E-state index contributed by atoms with van der Waals surface area (Å²) in [7, 11) is 2.21. The van der Waals surface area contributed by atoms with E-state index in [1.165, 1.54) is 54.9 Å². The van der Waals surface area contributed by atoms with Gasteiger partial charge in [-0.3, -0.25) is 0 Å². The number of rotatable bonds is 3. The summed E-state index contributed by atoms with van der Waals surface area (Å²) < 4.78 is 0. The number of hydrogen-bond acceptors (Lipinski definition) is 3. The highest BCUT2D eigenvalue weighted by atomic mass is 35.5. The molecule has 4 rings (SSSR count). The lowest BCUT2D eigenvalue weighted by Crippen LogP contribution is -2.45. The van der Waals surface area contributed by atoms with Gasteiger partial charge in [0, 0.05) is 60.4 Å². The van der Waals surface area contributed by atoms with Crippen LogP contribution in [0.15, 0.2) is 18.2 Å². The Morgan fingerprint density at radius 2 is 2.04 bits per heavy atom. The van der Waals surface area contributed by atoms with E-state index in [1.807, 2.05) is 12.1 Å². The number of nitrogens with one attached hydrogen (secondary N) is 2. The number of halogens is 1. The molecule has 1 aromatic heterocycles. The van der Waals surface area contributed by atoms with Crippen LogP contribution in [0, 0.1) is 0 Å². The van der Waals surface area contributed by atoms with Crippen LogP contribution in [0.5, 0.6) is 0 Å². The molecule has 1 atom stereocenters. The summed E-state index contributed by atoms with van der Waals surface area (Å²) in [5, 5.41) is 5.84. The van der Waals surface area contributed by atoms with Gasteiger partial charge in [0.15, 0.2) is 0 Å². The summed E-state index contributed by atoms with van der Waals surface area (Å²) in [4.78, 5) is 8.63. The van der Waals surface area contributed by atoms with E-state index in [0.29, 0.717) is 6.04 Å². The number of aromatic nitrogens is 1. The maximum Gasteiger partial charge on any atom is 0.0488 e. The largest absolute Gasteiger partial charge is 0.357 e. The summed E-state index contributed by atoms with van der Waals surface area (Å²) in [6, 6.07) is 6.64. The first-order valence-corrected chi connectivity index (χ1v) is 9.03. The van der Waals surface area contributed by atoms with Crippen LogP contribution in [0.25, 0.3) is 10.9 Å². The molecule has 0 saturated carbocycles. The topological polar surface area (TPSA) is 34.3 Å². The Hall–Kier alpha value is -1.07. The summed E-state index contributed by atoms with van der Waals surface area (Å²) in [6.07, 6.45) is 2.26. The van der Waals surface area contributed by atoms with Crippen LogP contribution in [-0.2, 0) is 6.42 Å². The minimum atomic E-state index is 0.435. The van der Waals surface area contributed by atoms with Gasteiger partial charge in [0.05, 0.1) is 0 Å². The molecular weight excluding hydrogens is 308 g/mol. The molecule has 2 aliphatic rings. The molecule has 0 amide bonds. The molecular formula is C18H25ClN4. The maximum absolute atomic E-state index is 6.15. The SMILES string of the molecule is CN1CCN(CC[C@@H]2NCCc3c2[nH]c2cc(Cl)ccc32)CC1. The van der Waals surface area contributed by atoms with Crippen LogP contribution >= 0.6 is 11.6 Å². The Balaban J connectivity index is 1.50. The molecule has 2 N–H and O–H groups in total. The van der Waals surface area contributed by atoms with Crippen molar-refractivity contribution < 1.29 is 0 Å². The smallest absolute Gasteiger partial charge is 0.0488 e. The van der Waals surface area contributed by atoms with E-state index in [-0.39, 0.29) is 0 Å². The van der Waals surface area contributed by atoms with Crippen molar-refractivity contribution in [3.05, 3.63) is 34.5 Å². The summed E-state index contributed by atoms with van der Waals surface area (Å²) in [5.74, 6) is 0. The average molecular weight is 333 g/mol. The van der Waals surface area contributed by atoms with Crippen LogP contribution in [0.4, 0.5) is 0 Å². The third-order valence-corrected chi connectivity index (χ3v) is 5.58. The molecule has 23 heavy (non-hydrogen) atoms. The minimum Gasteiger partial charge on any atom is -0.357 e. The van der Waals surface area contributed by atoms with Crippen molar-refractivity contribution in [1.29, 1.82) is 0 Å². The summed E-state index contributed by atoms with van der Waals surface area (Å²) >= 11 is 6.15. The van der Waals surface area contributed by atoms with Crippen molar-refractivity contribution in [3.63, 3.8) is 0 Å². The molecule has 0 spiro atoms. The van der Waals surface area contributed by atoms with Crippen molar-refractivity contribution in [2.75, 3.05) is 46.3 Å².